The molecule has 2 N–H and O–H groups in total. The summed E-state index contributed by atoms with van der Waals surface area (Å²) in [6.07, 6.45) is 4.91. The quantitative estimate of drug-likeness (QED) is 0.811. The molecule has 0 bridgehead atoms. The molecule has 0 radical (unpaired) electrons. The van der Waals surface area contributed by atoms with Crippen LogP contribution < -0.4 is 5.32 Å². The standard InChI is InChI=1S/C16H30N2O2/c1-11-4-6-18(7-5-11)10-14-9-15(8-12(14)2)17-13(3)16(19)20/h11-15,17H,4-10H2,1-3H3,(H,19,20)/t12-,13-,14+,15+/m0/s1. The largest absolute Gasteiger partial charge is 0.480 e. The third-order valence-corrected chi connectivity index (χ3v) is 5.27. The SMILES string of the molecule is CC1CCN(C[C@H]2C[C@H](N[C@@H](C)C(=O)O)C[C@@H]2C)CC1. The molecule has 1 saturated carbocycles. The molecular weight excluding hydrogens is 252 g/mol. The van der Waals surface area contributed by atoms with E-state index < -0.39 is 12.0 Å². The van der Waals surface area contributed by atoms with Crippen LogP contribution >= 0.6 is 0 Å². The highest BCUT2D eigenvalue weighted by molar-refractivity contribution is 5.72. The zero-order valence-electron chi connectivity index (χ0n) is 13.1. The Morgan fingerprint density at radius 1 is 1.30 bits per heavy atom. The van der Waals surface area contributed by atoms with Gasteiger partial charge in [0.1, 0.15) is 6.04 Å². The van der Waals surface area contributed by atoms with E-state index in [-0.39, 0.29) is 0 Å². The Morgan fingerprint density at radius 3 is 2.55 bits per heavy atom. The van der Waals surface area contributed by atoms with Crippen molar-refractivity contribution < 1.29 is 9.90 Å². The molecule has 2 rings (SSSR count). The van der Waals surface area contributed by atoms with Crippen molar-refractivity contribution in [2.75, 3.05) is 19.6 Å². The molecule has 2 fully saturated rings. The zero-order valence-corrected chi connectivity index (χ0v) is 13.1. The lowest BCUT2D eigenvalue weighted by Gasteiger charge is -2.33. The number of piperidine rings is 1. The molecule has 1 saturated heterocycles. The minimum atomic E-state index is -0.744. The second kappa shape index (κ2) is 6.90. The van der Waals surface area contributed by atoms with Crippen molar-refractivity contribution >= 4 is 5.97 Å². The van der Waals surface area contributed by atoms with Crippen LogP contribution in [-0.2, 0) is 4.79 Å². The molecule has 0 spiro atoms. The van der Waals surface area contributed by atoms with Crippen LogP contribution in [0.4, 0.5) is 0 Å². The number of rotatable bonds is 5. The molecule has 0 aromatic rings. The first-order valence-electron chi connectivity index (χ1n) is 8.17. The number of carboxylic acid groups (broad SMARTS) is 1. The normalized spacial score (nSPS) is 34.2. The van der Waals surface area contributed by atoms with Crippen LogP contribution in [0.2, 0.25) is 0 Å². The molecule has 4 heteroatoms. The summed E-state index contributed by atoms with van der Waals surface area (Å²) in [7, 11) is 0. The van der Waals surface area contributed by atoms with E-state index in [4.69, 9.17) is 5.11 Å². The summed E-state index contributed by atoms with van der Waals surface area (Å²) in [5.41, 5.74) is 0. The smallest absolute Gasteiger partial charge is 0.320 e. The lowest BCUT2D eigenvalue weighted by molar-refractivity contribution is -0.139. The Hall–Kier alpha value is -0.610. The molecule has 1 aliphatic carbocycles. The van der Waals surface area contributed by atoms with Gasteiger partial charge < -0.3 is 15.3 Å². The molecule has 116 valence electrons. The Balaban J connectivity index is 1.77. The van der Waals surface area contributed by atoms with E-state index in [2.05, 4.69) is 24.1 Å². The van der Waals surface area contributed by atoms with Gasteiger partial charge in [-0.3, -0.25) is 4.79 Å². The van der Waals surface area contributed by atoms with Gasteiger partial charge in [-0.2, -0.15) is 0 Å². The Bertz CT molecular complexity index is 326. The molecule has 4 atom stereocenters. The number of aliphatic carboxylic acids is 1. The first kappa shape index (κ1) is 15.8. The fourth-order valence-electron chi connectivity index (χ4n) is 3.73. The average Bonchev–Trinajstić information content (AvgIpc) is 2.72. The van der Waals surface area contributed by atoms with Gasteiger partial charge in [0.15, 0.2) is 0 Å². The van der Waals surface area contributed by atoms with Crippen LogP contribution in [0.1, 0.15) is 46.5 Å². The first-order chi connectivity index (χ1) is 9.45. The van der Waals surface area contributed by atoms with Gasteiger partial charge >= 0.3 is 5.97 Å². The Labute approximate surface area is 122 Å². The molecule has 2 aliphatic rings. The number of carboxylic acids is 1. The van der Waals surface area contributed by atoms with Gasteiger partial charge in [0.25, 0.3) is 0 Å². The van der Waals surface area contributed by atoms with E-state index in [9.17, 15) is 4.79 Å². The van der Waals surface area contributed by atoms with Crippen molar-refractivity contribution in [2.24, 2.45) is 17.8 Å². The van der Waals surface area contributed by atoms with Crippen LogP contribution in [0.5, 0.6) is 0 Å². The summed E-state index contributed by atoms with van der Waals surface area (Å²) >= 11 is 0. The van der Waals surface area contributed by atoms with Crippen LogP contribution in [0, 0.1) is 17.8 Å². The van der Waals surface area contributed by atoms with Crippen molar-refractivity contribution in [2.45, 2.75) is 58.5 Å². The second-order valence-electron chi connectivity index (χ2n) is 7.12. The number of hydrogen-bond donors (Lipinski definition) is 2. The average molecular weight is 282 g/mol. The Morgan fingerprint density at radius 2 is 1.95 bits per heavy atom. The maximum atomic E-state index is 10.9. The lowest BCUT2D eigenvalue weighted by Crippen LogP contribution is -2.40. The molecule has 0 aromatic carbocycles. The highest BCUT2D eigenvalue weighted by atomic mass is 16.4. The van der Waals surface area contributed by atoms with Crippen molar-refractivity contribution in [1.29, 1.82) is 0 Å². The maximum Gasteiger partial charge on any atom is 0.320 e. The van der Waals surface area contributed by atoms with Crippen LogP contribution in [0.25, 0.3) is 0 Å². The van der Waals surface area contributed by atoms with Crippen LogP contribution in [0.15, 0.2) is 0 Å². The Kier molecular flexibility index (Phi) is 5.44. The van der Waals surface area contributed by atoms with Gasteiger partial charge in [0, 0.05) is 12.6 Å². The number of likely N-dealkylation sites (tertiary alicyclic amines) is 1. The highest BCUT2D eigenvalue weighted by Crippen LogP contribution is 2.33. The first-order valence-corrected chi connectivity index (χ1v) is 8.17. The summed E-state index contributed by atoms with van der Waals surface area (Å²) < 4.78 is 0. The molecule has 4 nitrogen and oxygen atoms in total. The van der Waals surface area contributed by atoms with Crippen molar-refractivity contribution in [3.8, 4) is 0 Å². The maximum absolute atomic E-state index is 10.9. The summed E-state index contributed by atoms with van der Waals surface area (Å²) in [5, 5.41) is 12.3. The molecule has 1 heterocycles. The number of carbonyl (C=O) groups is 1. The van der Waals surface area contributed by atoms with E-state index >= 15 is 0 Å². The minimum Gasteiger partial charge on any atom is -0.480 e. The second-order valence-corrected chi connectivity index (χ2v) is 7.12. The minimum absolute atomic E-state index is 0.379. The molecule has 0 amide bonds. The number of hydrogen-bond acceptors (Lipinski definition) is 3. The molecule has 20 heavy (non-hydrogen) atoms. The predicted octanol–water partition coefficient (Wildman–Crippen LogP) is 2.20. The highest BCUT2D eigenvalue weighted by Gasteiger charge is 2.34. The van der Waals surface area contributed by atoms with E-state index in [1.165, 1.54) is 32.5 Å². The van der Waals surface area contributed by atoms with Gasteiger partial charge in [-0.15, -0.1) is 0 Å². The van der Waals surface area contributed by atoms with Gasteiger partial charge in [-0.25, -0.2) is 0 Å². The van der Waals surface area contributed by atoms with Crippen LogP contribution in [-0.4, -0.2) is 47.7 Å². The molecule has 1 aliphatic heterocycles. The molecular formula is C16H30N2O2. The van der Waals surface area contributed by atoms with Gasteiger partial charge in [0.05, 0.1) is 0 Å². The van der Waals surface area contributed by atoms with E-state index in [0.717, 1.165) is 24.7 Å². The van der Waals surface area contributed by atoms with E-state index in [1.54, 1.807) is 6.92 Å². The van der Waals surface area contributed by atoms with Crippen molar-refractivity contribution in [1.82, 2.24) is 10.2 Å². The third kappa shape index (κ3) is 4.19. The van der Waals surface area contributed by atoms with Crippen molar-refractivity contribution in [3.05, 3.63) is 0 Å². The van der Waals surface area contributed by atoms with E-state index in [0.29, 0.717) is 12.0 Å². The summed E-state index contributed by atoms with van der Waals surface area (Å²) in [6.45, 7) is 10.1. The topological polar surface area (TPSA) is 52.6 Å². The molecule has 0 unspecified atom stereocenters. The lowest BCUT2D eigenvalue weighted by atomic mass is 9.94. The zero-order chi connectivity index (χ0) is 14.7. The van der Waals surface area contributed by atoms with Gasteiger partial charge in [0.2, 0.25) is 0 Å². The monoisotopic (exact) mass is 282 g/mol. The third-order valence-electron chi connectivity index (χ3n) is 5.27. The van der Waals surface area contributed by atoms with E-state index in [1.807, 2.05) is 0 Å². The fourth-order valence-corrected chi connectivity index (χ4v) is 3.73. The van der Waals surface area contributed by atoms with Gasteiger partial charge in [-0.05, 0) is 63.5 Å². The number of nitrogens with one attached hydrogen (secondary N) is 1. The van der Waals surface area contributed by atoms with Crippen LogP contribution in [0.3, 0.4) is 0 Å². The molecule has 0 aromatic heterocycles. The van der Waals surface area contributed by atoms with Gasteiger partial charge in [-0.1, -0.05) is 13.8 Å². The summed E-state index contributed by atoms with van der Waals surface area (Å²) in [5.74, 6) is 1.57. The fraction of sp³-hybridized carbons (Fsp3) is 0.938. The number of nitrogens with zero attached hydrogens (tertiary/aromatic N) is 1. The summed E-state index contributed by atoms with van der Waals surface area (Å²) in [6, 6.07) is -0.0494. The predicted molar refractivity (Wildman–Crippen MR) is 80.7 cm³/mol. The van der Waals surface area contributed by atoms with Crippen molar-refractivity contribution in [3.63, 3.8) is 0 Å². The summed E-state index contributed by atoms with van der Waals surface area (Å²) in [4.78, 5) is 13.5.